The highest BCUT2D eigenvalue weighted by molar-refractivity contribution is 9.10. The molecule has 0 saturated carbocycles. The summed E-state index contributed by atoms with van der Waals surface area (Å²) in [6.07, 6.45) is 6.62. The van der Waals surface area contributed by atoms with Crippen LogP contribution >= 0.6 is 15.9 Å². The van der Waals surface area contributed by atoms with Crippen molar-refractivity contribution in [1.29, 1.82) is 0 Å². The number of nitrogen functional groups attached to an aromatic ring is 1. The smallest absolute Gasteiger partial charge is 0.221 e. The van der Waals surface area contributed by atoms with Gasteiger partial charge in [0.15, 0.2) is 0 Å². The summed E-state index contributed by atoms with van der Waals surface area (Å²) in [5.74, 6) is 1.07. The molecular formula is C14H19BrN4. The van der Waals surface area contributed by atoms with Crippen molar-refractivity contribution < 1.29 is 0 Å². The fraction of sp³-hybridized carbons (Fsp3) is 0.571. The van der Waals surface area contributed by atoms with E-state index in [-0.39, 0.29) is 0 Å². The largest absolute Gasteiger partial charge is 0.368 e. The number of nitrogens with zero attached hydrogens (tertiary/aromatic N) is 3. The number of aromatic nitrogens is 2. The summed E-state index contributed by atoms with van der Waals surface area (Å²) in [5.41, 5.74) is 8.13. The summed E-state index contributed by atoms with van der Waals surface area (Å²) >= 11 is 3.54. The van der Waals surface area contributed by atoms with Crippen molar-refractivity contribution in [2.45, 2.75) is 31.7 Å². The third-order valence-corrected chi connectivity index (χ3v) is 4.98. The van der Waals surface area contributed by atoms with Crippen molar-refractivity contribution in [2.75, 3.05) is 18.8 Å². The van der Waals surface area contributed by atoms with Crippen LogP contribution < -0.4 is 5.73 Å². The molecule has 4 nitrogen and oxygen atoms in total. The Labute approximate surface area is 122 Å². The molecule has 3 rings (SSSR count). The standard InChI is InChI=1S/C14H19BrN4/c1-2-5-19-6-3-4-9-7-11-10(8-12(9)19)13(15)18-14(16)17-11/h2,9,12H,1,3-8H2,(H2,16,17,18). The fourth-order valence-electron chi connectivity index (χ4n) is 3.49. The van der Waals surface area contributed by atoms with Gasteiger partial charge in [-0.25, -0.2) is 9.97 Å². The van der Waals surface area contributed by atoms with E-state index in [1.54, 1.807) is 0 Å². The molecule has 0 amide bonds. The number of halogens is 1. The number of nitrogens with two attached hydrogens (primary N) is 1. The molecule has 2 atom stereocenters. The molecule has 0 spiro atoms. The van der Waals surface area contributed by atoms with Crippen LogP contribution in [-0.2, 0) is 12.8 Å². The highest BCUT2D eigenvalue weighted by Gasteiger charge is 2.36. The maximum Gasteiger partial charge on any atom is 0.221 e. The minimum Gasteiger partial charge on any atom is -0.368 e. The first-order chi connectivity index (χ1) is 9.19. The van der Waals surface area contributed by atoms with E-state index in [0.29, 0.717) is 17.9 Å². The summed E-state index contributed by atoms with van der Waals surface area (Å²) in [5, 5.41) is 0. The van der Waals surface area contributed by atoms with Crippen LogP contribution in [0.1, 0.15) is 24.1 Å². The zero-order valence-electron chi connectivity index (χ0n) is 11.0. The van der Waals surface area contributed by atoms with E-state index in [1.807, 2.05) is 6.08 Å². The maximum atomic E-state index is 5.75. The van der Waals surface area contributed by atoms with Crippen LogP contribution in [-0.4, -0.2) is 34.0 Å². The van der Waals surface area contributed by atoms with Crippen LogP contribution in [0.15, 0.2) is 17.3 Å². The Bertz CT molecular complexity index is 502. The summed E-state index contributed by atoms with van der Waals surface area (Å²) in [6.45, 7) is 6.03. The molecule has 2 N–H and O–H groups in total. The van der Waals surface area contributed by atoms with Crippen LogP contribution in [0.5, 0.6) is 0 Å². The molecule has 1 aromatic heterocycles. The molecule has 1 aliphatic carbocycles. The van der Waals surface area contributed by atoms with Gasteiger partial charge < -0.3 is 5.73 Å². The maximum absolute atomic E-state index is 5.75. The first-order valence-electron chi connectivity index (χ1n) is 6.84. The Morgan fingerprint density at radius 2 is 2.26 bits per heavy atom. The van der Waals surface area contributed by atoms with Crippen LogP contribution in [0.3, 0.4) is 0 Å². The van der Waals surface area contributed by atoms with E-state index in [2.05, 4.69) is 37.4 Å². The van der Waals surface area contributed by atoms with Gasteiger partial charge in [-0.05, 0) is 54.1 Å². The second-order valence-electron chi connectivity index (χ2n) is 5.46. The van der Waals surface area contributed by atoms with Crippen molar-refractivity contribution in [3.8, 4) is 0 Å². The average molecular weight is 323 g/mol. The zero-order chi connectivity index (χ0) is 13.4. The SMILES string of the molecule is C=CCN1CCCC2Cc3nc(N)nc(Br)c3CC21. The van der Waals surface area contributed by atoms with E-state index in [9.17, 15) is 0 Å². The number of fused-ring (bicyclic) bond motifs is 2. The molecule has 2 unspecified atom stereocenters. The molecule has 5 heteroatoms. The van der Waals surface area contributed by atoms with Gasteiger partial charge in [-0.1, -0.05) is 6.08 Å². The minimum absolute atomic E-state index is 0.378. The molecule has 1 saturated heterocycles. The van der Waals surface area contributed by atoms with Gasteiger partial charge >= 0.3 is 0 Å². The van der Waals surface area contributed by atoms with Gasteiger partial charge in [0, 0.05) is 18.2 Å². The molecule has 1 fully saturated rings. The summed E-state index contributed by atoms with van der Waals surface area (Å²) in [7, 11) is 0. The van der Waals surface area contributed by atoms with Gasteiger partial charge in [0.05, 0.1) is 5.69 Å². The summed E-state index contributed by atoms with van der Waals surface area (Å²) in [6, 6.07) is 0.600. The van der Waals surface area contributed by atoms with Crippen LogP contribution in [0.25, 0.3) is 0 Å². The quantitative estimate of drug-likeness (QED) is 0.670. The van der Waals surface area contributed by atoms with E-state index in [4.69, 9.17) is 5.73 Å². The van der Waals surface area contributed by atoms with Gasteiger partial charge in [0.2, 0.25) is 5.95 Å². The number of hydrogen-bond donors (Lipinski definition) is 1. The molecular weight excluding hydrogens is 304 g/mol. The Balaban J connectivity index is 1.93. The van der Waals surface area contributed by atoms with Crippen molar-refractivity contribution >= 4 is 21.9 Å². The molecule has 1 aromatic rings. The molecule has 0 aromatic carbocycles. The lowest BCUT2D eigenvalue weighted by molar-refractivity contribution is 0.0960. The van der Waals surface area contributed by atoms with Crippen LogP contribution in [0, 0.1) is 5.92 Å². The third-order valence-electron chi connectivity index (χ3n) is 4.33. The molecule has 2 aliphatic rings. The highest BCUT2D eigenvalue weighted by Crippen LogP contribution is 2.36. The van der Waals surface area contributed by atoms with E-state index in [1.165, 1.54) is 24.9 Å². The number of anilines is 1. The second kappa shape index (κ2) is 5.21. The van der Waals surface area contributed by atoms with Crippen molar-refractivity contribution in [3.05, 3.63) is 28.5 Å². The van der Waals surface area contributed by atoms with Gasteiger partial charge in [0.25, 0.3) is 0 Å². The normalized spacial score (nSPS) is 26.6. The molecule has 19 heavy (non-hydrogen) atoms. The van der Waals surface area contributed by atoms with E-state index < -0.39 is 0 Å². The van der Waals surface area contributed by atoms with Gasteiger partial charge in [-0.15, -0.1) is 6.58 Å². The topological polar surface area (TPSA) is 55.0 Å². The third kappa shape index (κ3) is 2.41. The fourth-order valence-corrected chi connectivity index (χ4v) is 4.06. The molecule has 102 valence electrons. The highest BCUT2D eigenvalue weighted by atomic mass is 79.9. The first-order valence-corrected chi connectivity index (χ1v) is 7.64. The predicted octanol–water partition coefficient (Wildman–Crippen LogP) is 2.19. The molecule has 1 aliphatic heterocycles. The number of hydrogen-bond acceptors (Lipinski definition) is 4. The van der Waals surface area contributed by atoms with Crippen molar-refractivity contribution in [3.63, 3.8) is 0 Å². The van der Waals surface area contributed by atoms with Gasteiger partial charge in [-0.3, -0.25) is 4.90 Å². The zero-order valence-corrected chi connectivity index (χ0v) is 12.6. The Kier molecular flexibility index (Phi) is 3.58. The summed E-state index contributed by atoms with van der Waals surface area (Å²) in [4.78, 5) is 11.2. The lowest BCUT2D eigenvalue weighted by atomic mass is 9.77. The number of piperidine rings is 1. The number of rotatable bonds is 2. The lowest BCUT2D eigenvalue weighted by Crippen LogP contribution is -2.49. The summed E-state index contributed by atoms with van der Waals surface area (Å²) < 4.78 is 0.873. The monoisotopic (exact) mass is 322 g/mol. The molecule has 2 heterocycles. The van der Waals surface area contributed by atoms with Crippen LogP contribution in [0.4, 0.5) is 5.95 Å². The lowest BCUT2D eigenvalue weighted by Gasteiger charge is -2.44. The Morgan fingerprint density at radius 3 is 3.05 bits per heavy atom. The molecule has 0 radical (unpaired) electrons. The second-order valence-corrected chi connectivity index (χ2v) is 6.21. The first kappa shape index (κ1) is 13.1. The average Bonchev–Trinajstić information content (AvgIpc) is 2.37. The number of likely N-dealkylation sites (tertiary alicyclic amines) is 1. The minimum atomic E-state index is 0.378. The van der Waals surface area contributed by atoms with Gasteiger partial charge in [-0.2, -0.15) is 0 Å². The van der Waals surface area contributed by atoms with E-state index in [0.717, 1.165) is 29.7 Å². The van der Waals surface area contributed by atoms with Crippen molar-refractivity contribution in [2.24, 2.45) is 5.92 Å². The van der Waals surface area contributed by atoms with E-state index >= 15 is 0 Å². The van der Waals surface area contributed by atoms with Gasteiger partial charge in [0.1, 0.15) is 4.60 Å². The van der Waals surface area contributed by atoms with Crippen molar-refractivity contribution in [1.82, 2.24) is 14.9 Å². The molecule has 0 bridgehead atoms. The predicted molar refractivity (Wildman–Crippen MR) is 79.8 cm³/mol. The Morgan fingerprint density at radius 1 is 1.42 bits per heavy atom. The Hall–Kier alpha value is -0.940. The van der Waals surface area contributed by atoms with Crippen LogP contribution in [0.2, 0.25) is 0 Å².